The highest BCUT2D eigenvalue weighted by Crippen LogP contribution is 2.17. The van der Waals surface area contributed by atoms with Gasteiger partial charge in [-0.25, -0.2) is 4.79 Å². The second kappa shape index (κ2) is 8.38. The Labute approximate surface area is 117 Å². The van der Waals surface area contributed by atoms with Gasteiger partial charge in [0.2, 0.25) is 0 Å². The lowest BCUT2D eigenvalue weighted by molar-refractivity contribution is 0.199. The van der Waals surface area contributed by atoms with Crippen LogP contribution in [0.25, 0.3) is 0 Å². The summed E-state index contributed by atoms with van der Waals surface area (Å²) in [6.07, 6.45) is 2.67. The van der Waals surface area contributed by atoms with E-state index in [0.29, 0.717) is 5.92 Å². The molecule has 1 aliphatic rings. The number of urea groups is 1. The molecular formula is C14H29N3O2. The molecule has 1 heterocycles. The molecule has 19 heavy (non-hydrogen) atoms. The fourth-order valence-electron chi connectivity index (χ4n) is 2.51. The Hall–Kier alpha value is -0.810. The molecule has 0 aromatic carbocycles. The molecule has 5 nitrogen and oxygen atoms in total. The standard InChI is InChI=1S/C14H29N3O2/c1-4-16(3)10-13-7-8-17(11-13)14(19)15-12(2)6-5-9-18/h12-13,18H,4-11H2,1-3H3,(H,15,19). The van der Waals surface area contributed by atoms with E-state index in [1.165, 1.54) is 0 Å². The van der Waals surface area contributed by atoms with Gasteiger partial charge in [0.15, 0.2) is 0 Å². The average molecular weight is 271 g/mol. The summed E-state index contributed by atoms with van der Waals surface area (Å²) in [5.41, 5.74) is 0. The molecule has 5 heteroatoms. The van der Waals surface area contributed by atoms with Crippen LogP contribution in [-0.4, -0.2) is 66.8 Å². The van der Waals surface area contributed by atoms with Crippen molar-refractivity contribution in [2.75, 3.05) is 39.8 Å². The van der Waals surface area contributed by atoms with Gasteiger partial charge in [0.05, 0.1) is 0 Å². The number of amides is 2. The molecule has 2 amide bonds. The van der Waals surface area contributed by atoms with Crippen LogP contribution in [-0.2, 0) is 0 Å². The number of hydrogen-bond acceptors (Lipinski definition) is 3. The van der Waals surface area contributed by atoms with E-state index < -0.39 is 0 Å². The Morgan fingerprint density at radius 2 is 2.32 bits per heavy atom. The van der Waals surface area contributed by atoms with Gasteiger partial charge in [0, 0.05) is 32.3 Å². The molecule has 0 aromatic rings. The topological polar surface area (TPSA) is 55.8 Å². The summed E-state index contributed by atoms with van der Waals surface area (Å²) in [6.45, 7) is 8.19. The number of aliphatic hydroxyl groups excluding tert-OH is 1. The van der Waals surface area contributed by atoms with Crippen molar-refractivity contribution in [3.05, 3.63) is 0 Å². The summed E-state index contributed by atoms with van der Waals surface area (Å²) < 4.78 is 0. The Bertz CT molecular complexity index is 273. The predicted molar refractivity (Wildman–Crippen MR) is 77.2 cm³/mol. The van der Waals surface area contributed by atoms with Gasteiger partial charge in [-0.1, -0.05) is 6.92 Å². The fourth-order valence-corrected chi connectivity index (χ4v) is 2.51. The molecule has 1 saturated heterocycles. The zero-order chi connectivity index (χ0) is 14.3. The van der Waals surface area contributed by atoms with Gasteiger partial charge in [-0.2, -0.15) is 0 Å². The highest BCUT2D eigenvalue weighted by Gasteiger charge is 2.27. The lowest BCUT2D eigenvalue weighted by Gasteiger charge is -2.22. The second-order valence-corrected chi connectivity index (χ2v) is 5.67. The van der Waals surface area contributed by atoms with Crippen LogP contribution in [0.5, 0.6) is 0 Å². The summed E-state index contributed by atoms with van der Waals surface area (Å²) in [7, 11) is 2.12. The second-order valence-electron chi connectivity index (χ2n) is 5.67. The van der Waals surface area contributed by atoms with Crippen molar-refractivity contribution in [2.45, 2.75) is 39.2 Å². The molecule has 112 valence electrons. The molecule has 0 aromatic heterocycles. The zero-order valence-electron chi connectivity index (χ0n) is 12.6. The Morgan fingerprint density at radius 1 is 1.58 bits per heavy atom. The van der Waals surface area contributed by atoms with Gasteiger partial charge in [-0.05, 0) is 45.7 Å². The van der Waals surface area contributed by atoms with E-state index in [1.807, 2.05) is 11.8 Å². The first kappa shape index (κ1) is 16.2. The maximum Gasteiger partial charge on any atom is 0.317 e. The molecule has 0 spiro atoms. The number of aliphatic hydroxyl groups is 1. The van der Waals surface area contributed by atoms with Crippen LogP contribution < -0.4 is 5.32 Å². The summed E-state index contributed by atoms with van der Waals surface area (Å²) in [5.74, 6) is 0.600. The predicted octanol–water partition coefficient (Wildman–Crippen LogP) is 1.13. The van der Waals surface area contributed by atoms with E-state index in [-0.39, 0.29) is 18.7 Å². The largest absolute Gasteiger partial charge is 0.396 e. The number of hydrogen-bond donors (Lipinski definition) is 2. The molecule has 0 bridgehead atoms. The van der Waals surface area contributed by atoms with Gasteiger partial charge in [0.1, 0.15) is 0 Å². The van der Waals surface area contributed by atoms with Gasteiger partial charge in [0.25, 0.3) is 0 Å². The smallest absolute Gasteiger partial charge is 0.317 e. The van der Waals surface area contributed by atoms with Gasteiger partial charge in [-0.3, -0.25) is 0 Å². The van der Waals surface area contributed by atoms with E-state index in [4.69, 9.17) is 5.11 Å². The first-order valence-corrected chi connectivity index (χ1v) is 7.41. The molecule has 2 N–H and O–H groups in total. The van der Waals surface area contributed by atoms with Gasteiger partial charge < -0.3 is 20.2 Å². The minimum Gasteiger partial charge on any atom is -0.396 e. The summed E-state index contributed by atoms with van der Waals surface area (Å²) in [4.78, 5) is 16.3. The average Bonchev–Trinajstić information content (AvgIpc) is 2.84. The van der Waals surface area contributed by atoms with Crippen LogP contribution in [0, 0.1) is 5.92 Å². The fraction of sp³-hybridized carbons (Fsp3) is 0.929. The molecular weight excluding hydrogens is 242 g/mol. The number of rotatable bonds is 7. The molecule has 0 aliphatic carbocycles. The Balaban J connectivity index is 2.27. The van der Waals surface area contributed by atoms with E-state index >= 15 is 0 Å². The Kier molecular flexibility index (Phi) is 7.16. The molecule has 0 radical (unpaired) electrons. The molecule has 1 aliphatic heterocycles. The first-order valence-electron chi connectivity index (χ1n) is 7.41. The minimum atomic E-state index is 0.0482. The SMILES string of the molecule is CCN(C)CC1CCN(C(=O)NC(C)CCCO)C1. The summed E-state index contributed by atoms with van der Waals surface area (Å²) in [5, 5.41) is 11.8. The molecule has 2 atom stereocenters. The van der Waals surface area contributed by atoms with Crippen LogP contribution in [0.2, 0.25) is 0 Å². The van der Waals surface area contributed by atoms with Gasteiger partial charge in [-0.15, -0.1) is 0 Å². The third-order valence-corrected chi connectivity index (χ3v) is 3.85. The van der Waals surface area contributed by atoms with Crippen LogP contribution in [0.15, 0.2) is 0 Å². The number of carbonyl (C=O) groups excluding carboxylic acids is 1. The van der Waals surface area contributed by atoms with E-state index in [0.717, 1.165) is 45.4 Å². The molecule has 0 saturated carbocycles. The number of nitrogens with zero attached hydrogens (tertiary/aromatic N) is 2. The van der Waals surface area contributed by atoms with E-state index in [2.05, 4.69) is 24.2 Å². The lowest BCUT2D eigenvalue weighted by atomic mass is 10.1. The van der Waals surface area contributed by atoms with Crippen LogP contribution in [0.1, 0.15) is 33.1 Å². The minimum absolute atomic E-state index is 0.0482. The third kappa shape index (κ3) is 5.78. The molecule has 2 unspecified atom stereocenters. The third-order valence-electron chi connectivity index (χ3n) is 3.85. The van der Waals surface area contributed by atoms with Crippen LogP contribution in [0.3, 0.4) is 0 Å². The van der Waals surface area contributed by atoms with E-state index in [1.54, 1.807) is 0 Å². The van der Waals surface area contributed by atoms with Crippen LogP contribution >= 0.6 is 0 Å². The maximum absolute atomic E-state index is 12.1. The molecule has 1 rings (SSSR count). The number of nitrogens with one attached hydrogen (secondary N) is 1. The van der Waals surface area contributed by atoms with Crippen molar-refractivity contribution in [1.29, 1.82) is 0 Å². The summed E-state index contributed by atoms with van der Waals surface area (Å²) >= 11 is 0. The number of likely N-dealkylation sites (tertiary alicyclic amines) is 1. The van der Waals surface area contributed by atoms with Crippen molar-refractivity contribution < 1.29 is 9.90 Å². The van der Waals surface area contributed by atoms with Crippen molar-refractivity contribution >= 4 is 6.03 Å². The first-order chi connectivity index (χ1) is 9.06. The quantitative estimate of drug-likeness (QED) is 0.730. The van der Waals surface area contributed by atoms with E-state index in [9.17, 15) is 4.79 Å². The van der Waals surface area contributed by atoms with Crippen molar-refractivity contribution in [1.82, 2.24) is 15.1 Å². The van der Waals surface area contributed by atoms with Crippen molar-refractivity contribution in [2.24, 2.45) is 5.92 Å². The van der Waals surface area contributed by atoms with Crippen LogP contribution in [0.4, 0.5) is 4.79 Å². The summed E-state index contributed by atoms with van der Waals surface area (Å²) in [6, 6.07) is 0.184. The van der Waals surface area contributed by atoms with Gasteiger partial charge >= 0.3 is 6.03 Å². The normalized spacial score (nSPS) is 20.9. The molecule has 1 fully saturated rings. The van der Waals surface area contributed by atoms with Crippen molar-refractivity contribution in [3.8, 4) is 0 Å². The van der Waals surface area contributed by atoms with Crippen molar-refractivity contribution in [3.63, 3.8) is 0 Å². The highest BCUT2D eigenvalue weighted by atomic mass is 16.3. The highest BCUT2D eigenvalue weighted by molar-refractivity contribution is 5.74. The number of carbonyl (C=O) groups is 1. The maximum atomic E-state index is 12.1. The monoisotopic (exact) mass is 271 g/mol. The zero-order valence-corrected chi connectivity index (χ0v) is 12.6. The Morgan fingerprint density at radius 3 is 2.95 bits per heavy atom. The lowest BCUT2D eigenvalue weighted by Crippen LogP contribution is -2.43.